The molecule has 12 heteroatoms. The van der Waals surface area contributed by atoms with Gasteiger partial charge in [-0.15, -0.1) is 10.2 Å². The number of aromatic nitrogens is 3. The second-order valence-corrected chi connectivity index (χ2v) is 11.0. The molecule has 0 aliphatic carbocycles. The molecule has 5 rings (SSSR count). The van der Waals surface area contributed by atoms with Crippen LogP contribution in [0.2, 0.25) is 0 Å². The first-order valence-electron chi connectivity index (χ1n) is 14.3. The van der Waals surface area contributed by atoms with Gasteiger partial charge in [-0.05, 0) is 74.2 Å². The van der Waals surface area contributed by atoms with Gasteiger partial charge in [0.1, 0.15) is 5.75 Å². The fraction of sp³-hybridized carbons (Fsp3) is 0.433. The van der Waals surface area contributed by atoms with Crippen molar-refractivity contribution in [2.24, 2.45) is 11.7 Å². The minimum absolute atomic E-state index is 0.0135. The second kappa shape index (κ2) is 12.9. The van der Waals surface area contributed by atoms with E-state index in [1.807, 2.05) is 62.6 Å². The highest BCUT2D eigenvalue weighted by Gasteiger charge is 2.27. The van der Waals surface area contributed by atoms with Gasteiger partial charge in [0, 0.05) is 69.3 Å². The summed E-state index contributed by atoms with van der Waals surface area (Å²) in [5.74, 6) is 1.10. The summed E-state index contributed by atoms with van der Waals surface area (Å²) in [4.78, 5) is 35.2. The molecular weight excluding hydrogens is 534 g/mol. The number of carbonyl (C=O) groups is 2. The number of amides is 2. The van der Waals surface area contributed by atoms with Gasteiger partial charge in [0.05, 0.1) is 7.11 Å². The lowest BCUT2D eigenvalue weighted by atomic mass is 9.95. The van der Waals surface area contributed by atoms with E-state index in [0.717, 1.165) is 68.1 Å². The zero-order chi connectivity index (χ0) is 29.6. The Labute approximate surface area is 246 Å². The van der Waals surface area contributed by atoms with Crippen LogP contribution in [0.3, 0.4) is 0 Å². The third-order valence-electron chi connectivity index (χ3n) is 7.85. The number of nitrogens with one attached hydrogen (secondary N) is 2. The van der Waals surface area contributed by atoms with Crippen LogP contribution in [0.25, 0.3) is 0 Å². The first kappa shape index (κ1) is 28.9. The largest absolute Gasteiger partial charge is 0.497 e. The minimum Gasteiger partial charge on any atom is -0.497 e. The Hall–Kier alpha value is -4.61. The van der Waals surface area contributed by atoms with Crippen LogP contribution in [0, 0.1) is 5.92 Å². The number of anilines is 5. The molecule has 0 spiro atoms. The molecule has 0 saturated carbocycles. The van der Waals surface area contributed by atoms with Gasteiger partial charge in [0.2, 0.25) is 11.9 Å². The van der Waals surface area contributed by atoms with Gasteiger partial charge in [-0.25, -0.2) is 0 Å². The topological polar surface area (TPSA) is 142 Å². The van der Waals surface area contributed by atoms with Crippen molar-refractivity contribution in [1.29, 1.82) is 0 Å². The van der Waals surface area contributed by atoms with Crippen molar-refractivity contribution in [2.45, 2.75) is 31.7 Å². The maximum Gasteiger partial charge on any atom is 0.273 e. The molecule has 3 heterocycles. The van der Waals surface area contributed by atoms with E-state index in [1.54, 1.807) is 12.0 Å². The average Bonchev–Trinajstić information content (AvgIpc) is 3.01. The van der Waals surface area contributed by atoms with Crippen molar-refractivity contribution in [2.75, 3.05) is 67.8 Å². The Morgan fingerprint density at radius 1 is 0.929 bits per heavy atom. The quantitative estimate of drug-likeness (QED) is 0.350. The average molecular weight is 574 g/mol. The Bertz CT molecular complexity index is 1370. The SMILES string of the molecule is COc1ccc(NC2CCCN(c3nnc(C(N)=O)c(Nc4ccc(N5CCC(C(=O)N(C)C)CC5)cc4)n3)C2)cc1. The summed E-state index contributed by atoms with van der Waals surface area (Å²) in [6, 6.07) is 16.0. The summed E-state index contributed by atoms with van der Waals surface area (Å²) in [5, 5.41) is 15.2. The van der Waals surface area contributed by atoms with Crippen LogP contribution in [-0.4, -0.2) is 85.3 Å². The van der Waals surface area contributed by atoms with E-state index >= 15 is 0 Å². The fourth-order valence-corrected chi connectivity index (χ4v) is 5.55. The molecule has 4 N–H and O–H groups in total. The number of piperidine rings is 2. The maximum atomic E-state index is 12.3. The van der Waals surface area contributed by atoms with Crippen molar-refractivity contribution >= 4 is 40.6 Å². The van der Waals surface area contributed by atoms with Crippen LogP contribution in [0.4, 0.5) is 28.8 Å². The van der Waals surface area contributed by atoms with Gasteiger partial charge in [-0.3, -0.25) is 9.59 Å². The van der Waals surface area contributed by atoms with Crippen molar-refractivity contribution < 1.29 is 14.3 Å². The fourth-order valence-electron chi connectivity index (χ4n) is 5.55. The predicted octanol–water partition coefficient (Wildman–Crippen LogP) is 3.11. The number of benzene rings is 2. The highest BCUT2D eigenvalue weighted by Crippen LogP contribution is 2.28. The maximum absolute atomic E-state index is 12.3. The van der Waals surface area contributed by atoms with Crippen LogP contribution in [-0.2, 0) is 4.79 Å². The predicted molar refractivity (Wildman–Crippen MR) is 164 cm³/mol. The van der Waals surface area contributed by atoms with Crippen LogP contribution in [0.5, 0.6) is 5.75 Å². The third kappa shape index (κ3) is 6.81. The minimum atomic E-state index is -0.700. The molecule has 222 valence electrons. The zero-order valence-corrected chi connectivity index (χ0v) is 24.4. The lowest BCUT2D eigenvalue weighted by Crippen LogP contribution is -2.43. The number of carbonyl (C=O) groups excluding carboxylic acids is 2. The highest BCUT2D eigenvalue weighted by molar-refractivity contribution is 5.96. The van der Waals surface area contributed by atoms with Crippen molar-refractivity contribution in [3.05, 3.63) is 54.2 Å². The molecule has 12 nitrogen and oxygen atoms in total. The Morgan fingerprint density at radius 2 is 1.62 bits per heavy atom. The van der Waals surface area contributed by atoms with E-state index in [-0.39, 0.29) is 29.4 Å². The Morgan fingerprint density at radius 3 is 2.26 bits per heavy atom. The number of ether oxygens (including phenoxy) is 1. The number of methoxy groups -OCH3 is 1. The first-order valence-corrected chi connectivity index (χ1v) is 14.3. The molecule has 2 fully saturated rings. The van der Waals surface area contributed by atoms with Gasteiger partial charge >= 0.3 is 0 Å². The van der Waals surface area contributed by atoms with E-state index in [9.17, 15) is 9.59 Å². The third-order valence-corrected chi connectivity index (χ3v) is 7.85. The number of hydrogen-bond acceptors (Lipinski definition) is 10. The second-order valence-electron chi connectivity index (χ2n) is 11.0. The summed E-state index contributed by atoms with van der Waals surface area (Å²) in [7, 11) is 5.27. The van der Waals surface area contributed by atoms with Gasteiger partial charge < -0.3 is 35.8 Å². The van der Waals surface area contributed by atoms with Gasteiger partial charge in [-0.2, -0.15) is 4.98 Å². The molecular formula is C30H39N9O3. The molecule has 42 heavy (non-hydrogen) atoms. The Balaban J connectivity index is 1.25. The number of nitrogens with two attached hydrogens (primary N) is 1. The smallest absolute Gasteiger partial charge is 0.273 e. The lowest BCUT2D eigenvalue weighted by Gasteiger charge is -2.34. The van der Waals surface area contributed by atoms with E-state index in [2.05, 4.69) is 35.6 Å². The molecule has 2 amide bonds. The molecule has 1 atom stereocenters. The summed E-state index contributed by atoms with van der Waals surface area (Å²) in [6.07, 6.45) is 3.64. The van der Waals surface area contributed by atoms with Gasteiger partial charge in [0.25, 0.3) is 5.91 Å². The van der Waals surface area contributed by atoms with Crippen LogP contribution < -0.4 is 30.9 Å². The molecule has 2 aliphatic heterocycles. The molecule has 1 aromatic heterocycles. The summed E-state index contributed by atoms with van der Waals surface area (Å²) in [5.41, 5.74) is 8.45. The zero-order valence-electron chi connectivity index (χ0n) is 24.4. The first-order chi connectivity index (χ1) is 20.3. The molecule has 2 saturated heterocycles. The highest BCUT2D eigenvalue weighted by atomic mass is 16.5. The summed E-state index contributed by atoms with van der Waals surface area (Å²) >= 11 is 0. The monoisotopic (exact) mass is 573 g/mol. The molecule has 3 aromatic rings. The number of hydrogen-bond donors (Lipinski definition) is 3. The molecule has 0 bridgehead atoms. The van der Waals surface area contributed by atoms with E-state index < -0.39 is 5.91 Å². The van der Waals surface area contributed by atoms with Gasteiger partial charge in [0.15, 0.2) is 11.5 Å². The summed E-state index contributed by atoms with van der Waals surface area (Å²) in [6.45, 7) is 3.12. The molecule has 1 unspecified atom stereocenters. The lowest BCUT2D eigenvalue weighted by molar-refractivity contribution is -0.133. The number of rotatable bonds is 9. The van der Waals surface area contributed by atoms with E-state index in [0.29, 0.717) is 12.5 Å². The molecule has 2 aliphatic rings. The van der Waals surface area contributed by atoms with Crippen molar-refractivity contribution in [3.63, 3.8) is 0 Å². The molecule has 0 radical (unpaired) electrons. The Kier molecular flexibility index (Phi) is 8.89. The van der Waals surface area contributed by atoms with Crippen molar-refractivity contribution in [1.82, 2.24) is 20.1 Å². The van der Waals surface area contributed by atoms with Crippen LogP contribution in [0.15, 0.2) is 48.5 Å². The van der Waals surface area contributed by atoms with Gasteiger partial charge in [-0.1, -0.05) is 0 Å². The number of primary amides is 1. The number of nitrogens with zero attached hydrogens (tertiary/aromatic N) is 6. The standard InChI is InChI=1S/C30H39N9O3/c1-37(2)29(41)20-14-17-38(18-15-20)24-10-6-22(7-11-24)33-28-26(27(31)40)35-36-30(34-28)39-16-4-5-23(19-39)32-21-8-12-25(42-3)13-9-21/h6-13,20,23,32H,4-5,14-19H2,1-3H3,(H2,31,40)(H,33,34,36). The summed E-state index contributed by atoms with van der Waals surface area (Å²) < 4.78 is 5.25. The van der Waals surface area contributed by atoms with E-state index in [1.165, 1.54) is 0 Å². The normalized spacial score (nSPS) is 17.5. The van der Waals surface area contributed by atoms with E-state index in [4.69, 9.17) is 10.5 Å². The molecule has 2 aromatic carbocycles. The van der Waals surface area contributed by atoms with Crippen LogP contribution >= 0.6 is 0 Å². The van der Waals surface area contributed by atoms with Crippen LogP contribution in [0.1, 0.15) is 36.2 Å². The van der Waals surface area contributed by atoms with Crippen molar-refractivity contribution in [3.8, 4) is 5.75 Å².